The Morgan fingerprint density at radius 2 is 1.00 bits per heavy atom. The molecular formula is C20H35N. The summed E-state index contributed by atoms with van der Waals surface area (Å²) in [5.74, 6) is 0. The molecule has 2 N–H and O–H groups in total. The van der Waals surface area contributed by atoms with E-state index in [1.807, 2.05) is 0 Å². The van der Waals surface area contributed by atoms with E-state index in [0.717, 1.165) is 38.6 Å². The van der Waals surface area contributed by atoms with Crippen molar-refractivity contribution in [1.82, 2.24) is 0 Å². The first-order valence-corrected chi connectivity index (χ1v) is 8.71. The zero-order valence-electron chi connectivity index (χ0n) is 14.0. The number of hydrogen-bond donors (Lipinski definition) is 1. The number of unbranched alkanes of at least 4 members (excludes halogenated alkanes) is 5. The summed E-state index contributed by atoms with van der Waals surface area (Å²) in [4.78, 5) is 0. The highest BCUT2D eigenvalue weighted by atomic mass is 14.5. The molecule has 0 radical (unpaired) electrons. The Labute approximate surface area is 132 Å². The van der Waals surface area contributed by atoms with Gasteiger partial charge in [-0.25, -0.2) is 0 Å². The van der Waals surface area contributed by atoms with Gasteiger partial charge < -0.3 is 5.73 Å². The van der Waals surface area contributed by atoms with Gasteiger partial charge in [0.2, 0.25) is 0 Å². The molecule has 0 rings (SSSR count). The average molecular weight is 290 g/mol. The summed E-state index contributed by atoms with van der Waals surface area (Å²) >= 11 is 0. The summed E-state index contributed by atoms with van der Waals surface area (Å²) < 4.78 is 0. The molecule has 0 aliphatic heterocycles. The van der Waals surface area contributed by atoms with Crippen LogP contribution in [0, 0.1) is 0 Å². The maximum atomic E-state index is 5.45. The molecule has 0 saturated carbocycles. The van der Waals surface area contributed by atoms with E-state index in [1.165, 1.54) is 32.1 Å². The van der Waals surface area contributed by atoms with Gasteiger partial charge in [0.1, 0.15) is 0 Å². The smallest absolute Gasteiger partial charge is 0.00772 e. The average Bonchev–Trinajstić information content (AvgIpc) is 2.50. The van der Waals surface area contributed by atoms with Gasteiger partial charge in [-0.2, -0.15) is 0 Å². The topological polar surface area (TPSA) is 26.0 Å². The molecule has 0 bridgehead atoms. The van der Waals surface area contributed by atoms with E-state index in [9.17, 15) is 0 Å². The first-order valence-electron chi connectivity index (χ1n) is 8.71. The molecule has 0 aromatic heterocycles. The van der Waals surface area contributed by atoms with Crippen molar-refractivity contribution >= 4 is 0 Å². The van der Waals surface area contributed by atoms with Crippen LogP contribution in [0.1, 0.15) is 71.1 Å². The minimum Gasteiger partial charge on any atom is -0.330 e. The molecule has 0 aromatic carbocycles. The molecule has 0 spiro atoms. The standard InChI is InChI=1S/C20H35N/c1-2-3-4-5-6-7-8-9-10-11-12-13-14-15-16-17-18-19-20-21/h6-7,9-10,12-13,15-16H,2-5,8,11,14,17-21H2,1H3. The second-order valence-electron chi connectivity index (χ2n) is 5.37. The zero-order chi connectivity index (χ0) is 15.4. The molecule has 1 nitrogen and oxygen atoms in total. The van der Waals surface area contributed by atoms with E-state index in [-0.39, 0.29) is 0 Å². The molecule has 0 amide bonds. The van der Waals surface area contributed by atoms with Crippen molar-refractivity contribution in [2.75, 3.05) is 6.54 Å². The predicted octanol–water partition coefficient (Wildman–Crippen LogP) is 6.09. The highest BCUT2D eigenvalue weighted by Gasteiger charge is 1.81. The number of nitrogens with two attached hydrogens (primary N) is 1. The highest BCUT2D eigenvalue weighted by Crippen LogP contribution is 2.01. The molecule has 0 atom stereocenters. The van der Waals surface area contributed by atoms with Crippen molar-refractivity contribution in [3.05, 3.63) is 48.6 Å². The van der Waals surface area contributed by atoms with E-state index in [0.29, 0.717) is 0 Å². The third kappa shape index (κ3) is 18.9. The molecule has 0 aromatic rings. The SMILES string of the molecule is CCCCCC=CCC=CCC=CCC=CCCCCN. The molecule has 1 heteroatoms. The number of allylic oxidation sites excluding steroid dienone is 8. The monoisotopic (exact) mass is 289 g/mol. The molecule has 120 valence electrons. The van der Waals surface area contributed by atoms with Crippen LogP contribution in [-0.4, -0.2) is 6.54 Å². The summed E-state index contributed by atoms with van der Waals surface area (Å²) in [5, 5.41) is 0. The van der Waals surface area contributed by atoms with Gasteiger partial charge in [0.15, 0.2) is 0 Å². The van der Waals surface area contributed by atoms with E-state index in [4.69, 9.17) is 5.73 Å². The largest absolute Gasteiger partial charge is 0.330 e. The Hall–Kier alpha value is -1.08. The highest BCUT2D eigenvalue weighted by molar-refractivity contribution is 4.99. The zero-order valence-corrected chi connectivity index (χ0v) is 14.0. The van der Waals surface area contributed by atoms with Gasteiger partial charge in [-0.1, -0.05) is 68.4 Å². The van der Waals surface area contributed by atoms with Gasteiger partial charge in [0, 0.05) is 0 Å². The van der Waals surface area contributed by atoms with Crippen LogP contribution in [0.15, 0.2) is 48.6 Å². The fraction of sp³-hybridized carbons (Fsp3) is 0.600. The maximum absolute atomic E-state index is 5.45. The predicted molar refractivity (Wildman–Crippen MR) is 97.5 cm³/mol. The Morgan fingerprint density at radius 1 is 0.571 bits per heavy atom. The van der Waals surface area contributed by atoms with Crippen LogP contribution in [0.4, 0.5) is 0 Å². The lowest BCUT2D eigenvalue weighted by atomic mass is 10.2. The van der Waals surface area contributed by atoms with Crippen LogP contribution in [0.2, 0.25) is 0 Å². The van der Waals surface area contributed by atoms with Gasteiger partial charge in [-0.3, -0.25) is 0 Å². The Kier molecular flexibility index (Phi) is 17.9. The summed E-state index contributed by atoms with van der Waals surface area (Å²) in [6.07, 6.45) is 30.0. The van der Waals surface area contributed by atoms with Crippen LogP contribution in [0.25, 0.3) is 0 Å². The molecular weight excluding hydrogens is 254 g/mol. The fourth-order valence-electron chi connectivity index (χ4n) is 1.97. The van der Waals surface area contributed by atoms with Crippen LogP contribution in [0.3, 0.4) is 0 Å². The molecule has 0 fully saturated rings. The third-order valence-electron chi connectivity index (χ3n) is 3.28. The number of rotatable bonds is 14. The van der Waals surface area contributed by atoms with Crippen molar-refractivity contribution in [3.8, 4) is 0 Å². The Bertz CT molecular complexity index is 267. The second-order valence-corrected chi connectivity index (χ2v) is 5.37. The summed E-state index contributed by atoms with van der Waals surface area (Å²) in [6, 6.07) is 0. The molecule has 0 aliphatic carbocycles. The van der Waals surface area contributed by atoms with E-state index in [2.05, 4.69) is 55.5 Å². The van der Waals surface area contributed by atoms with Crippen molar-refractivity contribution in [1.29, 1.82) is 0 Å². The van der Waals surface area contributed by atoms with Crippen LogP contribution in [-0.2, 0) is 0 Å². The van der Waals surface area contributed by atoms with Crippen LogP contribution < -0.4 is 5.73 Å². The minimum absolute atomic E-state index is 0.813. The lowest BCUT2D eigenvalue weighted by Gasteiger charge is -1.91. The quantitative estimate of drug-likeness (QED) is 0.304. The van der Waals surface area contributed by atoms with Crippen molar-refractivity contribution in [2.24, 2.45) is 5.73 Å². The van der Waals surface area contributed by atoms with Gasteiger partial charge in [-0.15, -0.1) is 0 Å². The first kappa shape index (κ1) is 19.9. The van der Waals surface area contributed by atoms with Gasteiger partial charge >= 0.3 is 0 Å². The normalized spacial score (nSPS) is 12.7. The van der Waals surface area contributed by atoms with E-state index in [1.54, 1.807) is 0 Å². The number of hydrogen-bond acceptors (Lipinski definition) is 1. The Balaban J connectivity index is 3.35. The lowest BCUT2D eigenvalue weighted by Crippen LogP contribution is -1.96. The van der Waals surface area contributed by atoms with Crippen LogP contribution in [0.5, 0.6) is 0 Å². The minimum atomic E-state index is 0.813. The third-order valence-corrected chi connectivity index (χ3v) is 3.28. The summed E-state index contributed by atoms with van der Waals surface area (Å²) in [5.41, 5.74) is 5.45. The fourth-order valence-corrected chi connectivity index (χ4v) is 1.97. The van der Waals surface area contributed by atoms with E-state index >= 15 is 0 Å². The van der Waals surface area contributed by atoms with Gasteiger partial charge in [-0.05, 0) is 57.9 Å². The second kappa shape index (κ2) is 18.9. The Morgan fingerprint density at radius 3 is 1.43 bits per heavy atom. The lowest BCUT2D eigenvalue weighted by molar-refractivity contribution is 0.728. The summed E-state index contributed by atoms with van der Waals surface area (Å²) in [6.45, 7) is 3.06. The van der Waals surface area contributed by atoms with Crippen LogP contribution >= 0.6 is 0 Å². The van der Waals surface area contributed by atoms with E-state index < -0.39 is 0 Å². The maximum Gasteiger partial charge on any atom is -0.00772 e. The van der Waals surface area contributed by atoms with Gasteiger partial charge in [0.25, 0.3) is 0 Å². The summed E-state index contributed by atoms with van der Waals surface area (Å²) in [7, 11) is 0. The van der Waals surface area contributed by atoms with Crippen molar-refractivity contribution in [3.63, 3.8) is 0 Å². The first-order chi connectivity index (χ1) is 10.4. The van der Waals surface area contributed by atoms with Crippen molar-refractivity contribution in [2.45, 2.75) is 71.1 Å². The van der Waals surface area contributed by atoms with Gasteiger partial charge in [0.05, 0.1) is 0 Å². The molecule has 0 saturated heterocycles. The molecule has 0 unspecified atom stereocenters. The molecule has 0 heterocycles. The van der Waals surface area contributed by atoms with Crippen molar-refractivity contribution < 1.29 is 0 Å². The molecule has 0 aliphatic rings. The molecule has 21 heavy (non-hydrogen) atoms.